The van der Waals surface area contributed by atoms with Crippen molar-refractivity contribution in [1.29, 1.82) is 0 Å². The molecule has 1 aliphatic carbocycles. The molecule has 1 aromatic rings. The van der Waals surface area contributed by atoms with Crippen molar-refractivity contribution in [1.82, 2.24) is 0 Å². The van der Waals surface area contributed by atoms with Crippen molar-refractivity contribution in [3.63, 3.8) is 0 Å². The summed E-state index contributed by atoms with van der Waals surface area (Å²) in [5.41, 5.74) is 2.34. The van der Waals surface area contributed by atoms with E-state index in [9.17, 15) is 5.11 Å². The Morgan fingerprint density at radius 1 is 1.21 bits per heavy atom. The van der Waals surface area contributed by atoms with Gasteiger partial charge in [-0.3, -0.25) is 0 Å². The Balaban J connectivity index is 2.01. The maximum absolute atomic E-state index is 10.1. The second-order valence-corrected chi connectivity index (χ2v) is 6.13. The molecule has 0 aromatic heterocycles. The largest absolute Gasteiger partial charge is 0.508 e. The minimum Gasteiger partial charge on any atom is -0.508 e. The van der Waals surface area contributed by atoms with Gasteiger partial charge >= 0.3 is 0 Å². The van der Waals surface area contributed by atoms with Crippen LogP contribution in [0.3, 0.4) is 0 Å². The monoisotopic (exact) mass is 258 g/mol. The van der Waals surface area contributed by atoms with E-state index in [2.05, 4.69) is 26.8 Å². The summed E-state index contributed by atoms with van der Waals surface area (Å²) >= 11 is 0. The number of phenolic OH excluding ortho intramolecular Hbond substituents is 1. The van der Waals surface area contributed by atoms with Crippen molar-refractivity contribution in [2.75, 3.05) is 6.61 Å². The van der Waals surface area contributed by atoms with E-state index >= 15 is 0 Å². The number of hydrogen-bond donors (Lipinski definition) is 1. The topological polar surface area (TPSA) is 29.5 Å². The summed E-state index contributed by atoms with van der Waals surface area (Å²) in [6, 6.07) is 7.57. The molecule has 0 saturated carbocycles. The van der Waals surface area contributed by atoms with Gasteiger partial charge < -0.3 is 9.84 Å². The van der Waals surface area contributed by atoms with Gasteiger partial charge in [0.05, 0.1) is 12.7 Å². The molecule has 1 saturated heterocycles. The first-order valence-corrected chi connectivity index (χ1v) is 7.17. The van der Waals surface area contributed by atoms with Crippen LogP contribution in [-0.2, 0) is 4.74 Å². The van der Waals surface area contributed by atoms with Crippen LogP contribution in [0.5, 0.6) is 5.75 Å². The Morgan fingerprint density at radius 3 is 2.68 bits per heavy atom. The number of hydrogen-bond acceptors (Lipinski definition) is 2. The number of allylic oxidation sites excluding steroid dienone is 1. The van der Waals surface area contributed by atoms with Crippen molar-refractivity contribution >= 4 is 0 Å². The molecule has 0 radical (unpaired) electrons. The standard InChI is InChI=1S/C17H22O2/c1-10-8-11(2)16-12(3)14(10)9-19-17(16)13-6-4-5-7-15(13)18/h4-8,10,12,14,16-18H,9H2,1-3H3/t10-,12+,14+,16-,17+/m0/s1. The highest BCUT2D eigenvalue weighted by Gasteiger charge is 2.44. The molecule has 0 amide bonds. The van der Waals surface area contributed by atoms with E-state index < -0.39 is 0 Å². The van der Waals surface area contributed by atoms with Crippen LogP contribution in [0.25, 0.3) is 0 Å². The Bertz CT molecular complexity index is 506. The van der Waals surface area contributed by atoms with E-state index in [1.807, 2.05) is 18.2 Å². The molecule has 2 aliphatic rings. The maximum Gasteiger partial charge on any atom is 0.121 e. The normalized spacial score (nSPS) is 37.8. The first-order valence-electron chi connectivity index (χ1n) is 7.17. The molecule has 102 valence electrons. The van der Waals surface area contributed by atoms with E-state index in [1.54, 1.807) is 6.07 Å². The van der Waals surface area contributed by atoms with Crippen LogP contribution in [-0.4, -0.2) is 11.7 Å². The van der Waals surface area contributed by atoms with Gasteiger partial charge in [-0.2, -0.15) is 0 Å². The molecule has 1 aromatic carbocycles. The summed E-state index contributed by atoms with van der Waals surface area (Å²) in [6.07, 6.45) is 2.39. The average Bonchev–Trinajstić information content (AvgIpc) is 2.36. The van der Waals surface area contributed by atoms with E-state index in [1.165, 1.54) is 5.57 Å². The van der Waals surface area contributed by atoms with Gasteiger partial charge in [0.1, 0.15) is 5.75 Å². The Labute approximate surface area is 115 Å². The van der Waals surface area contributed by atoms with Gasteiger partial charge in [0.15, 0.2) is 0 Å². The highest BCUT2D eigenvalue weighted by atomic mass is 16.5. The lowest BCUT2D eigenvalue weighted by atomic mass is 9.64. The molecule has 0 spiro atoms. The number of phenols is 1. The maximum atomic E-state index is 10.1. The number of rotatable bonds is 1. The lowest BCUT2D eigenvalue weighted by Crippen LogP contribution is -2.42. The van der Waals surface area contributed by atoms with Crippen molar-refractivity contribution in [3.05, 3.63) is 41.5 Å². The summed E-state index contributed by atoms with van der Waals surface area (Å²) in [7, 11) is 0. The van der Waals surface area contributed by atoms with Crippen molar-refractivity contribution in [2.45, 2.75) is 26.9 Å². The number of benzene rings is 1. The lowest BCUT2D eigenvalue weighted by molar-refractivity contribution is -0.0941. The smallest absolute Gasteiger partial charge is 0.121 e. The fourth-order valence-corrected chi connectivity index (χ4v) is 3.96. The van der Waals surface area contributed by atoms with E-state index in [4.69, 9.17) is 4.74 Å². The average molecular weight is 258 g/mol. The summed E-state index contributed by atoms with van der Waals surface area (Å²) in [6.45, 7) is 7.61. The number of ether oxygens (including phenoxy) is 1. The molecule has 1 heterocycles. The molecule has 2 heteroatoms. The molecule has 1 N–H and O–H groups in total. The van der Waals surface area contributed by atoms with Crippen LogP contribution in [0.2, 0.25) is 0 Å². The summed E-state index contributed by atoms with van der Waals surface area (Å²) in [5, 5.41) is 10.1. The Morgan fingerprint density at radius 2 is 1.95 bits per heavy atom. The molecule has 0 unspecified atom stereocenters. The van der Waals surface area contributed by atoms with E-state index in [0.29, 0.717) is 29.4 Å². The molecular formula is C17H22O2. The summed E-state index contributed by atoms with van der Waals surface area (Å²) in [5.74, 6) is 2.55. The molecule has 2 nitrogen and oxygen atoms in total. The highest BCUT2D eigenvalue weighted by Crippen LogP contribution is 2.50. The van der Waals surface area contributed by atoms with E-state index in [-0.39, 0.29) is 6.10 Å². The Hall–Kier alpha value is -1.28. The van der Waals surface area contributed by atoms with Gasteiger partial charge in [-0.15, -0.1) is 0 Å². The highest BCUT2D eigenvalue weighted by molar-refractivity contribution is 5.36. The van der Waals surface area contributed by atoms with Gasteiger partial charge in [-0.1, -0.05) is 43.7 Å². The third-order valence-corrected chi connectivity index (χ3v) is 5.01. The van der Waals surface area contributed by atoms with Gasteiger partial charge in [0, 0.05) is 11.5 Å². The summed E-state index contributed by atoms with van der Waals surface area (Å²) < 4.78 is 6.12. The number of para-hydroxylation sites is 1. The minimum absolute atomic E-state index is 0.00352. The molecule has 3 rings (SSSR count). The molecule has 2 bridgehead atoms. The van der Waals surface area contributed by atoms with Crippen LogP contribution in [0.1, 0.15) is 32.4 Å². The van der Waals surface area contributed by atoms with Crippen molar-refractivity contribution in [3.8, 4) is 5.75 Å². The molecule has 1 aliphatic heterocycles. The SMILES string of the molecule is CC1=C[C@H](C)[C@H]2CO[C@H](c3ccccc3O)[C@@H]1[C@@H]2C. The van der Waals surface area contributed by atoms with Crippen LogP contribution in [0, 0.1) is 23.7 Å². The van der Waals surface area contributed by atoms with Gasteiger partial charge in [-0.05, 0) is 30.7 Å². The summed E-state index contributed by atoms with van der Waals surface area (Å²) in [4.78, 5) is 0. The third kappa shape index (κ3) is 1.99. The fourth-order valence-electron chi connectivity index (χ4n) is 3.96. The van der Waals surface area contributed by atoms with Crippen LogP contribution < -0.4 is 0 Å². The van der Waals surface area contributed by atoms with Crippen molar-refractivity contribution in [2.24, 2.45) is 23.7 Å². The van der Waals surface area contributed by atoms with E-state index in [0.717, 1.165) is 12.2 Å². The van der Waals surface area contributed by atoms with Crippen LogP contribution >= 0.6 is 0 Å². The second kappa shape index (κ2) is 4.68. The Kier molecular flexibility index (Phi) is 3.14. The second-order valence-electron chi connectivity index (χ2n) is 6.13. The number of aromatic hydroxyl groups is 1. The zero-order chi connectivity index (χ0) is 13.6. The van der Waals surface area contributed by atoms with Crippen molar-refractivity contribution < 1.29 is 9.84 Å². The zero-order valence-electron chi connectivity index (χ0n) is 11.8. The first kappa shape index (κ1) is 12.7. The third-order valence-electron chi connectivity index (χ3n) is 5.01. The van der Waals surface area contributed by atoms with Crippen LogP contribution in [0.4, 0.5) is 0 Å². The predicted molar refractivity (Wildman–Crippen MR) is 75.9 cm³/mol. The molecule has 19 heavy (non-hydrogen) atoms. The fraction of sp³-hybridized carbons (Fsp3) is 0.529. The number of fused-ring (bicyclic) bond motifs is 2. The van der Waals surface area contributed by atoms with Gasteiger partial charge in [-0.25, -0.2) is 0 Å². The minimum atomic E-state index is -0.00352. The molecule has 5 atom stereocenters. The predicted octanol–water partition coefficient (Wildman–Crippen LogP) is 3.93. The molecular weight excluding hydrogens is 236 g/mol. The van der Waals surface area contributed by atoms with Gasteiger partial charge in [0.25, 0.3) is 0 Å². The van der Waals surface area contributed by atoms with Gasteiger partial charge in [0.2, 0.25) is 0 Å². The quantitative estimate of drug-likeness (QED) is 0.773. The van der Waals surface area contributed by atoms with Crippen LogP contribution in [0.15, 0.2) is 35.9 Å². The lowest BCUT2D eigenvalue weighted by Gasteiger charge is -2.47. The first-order chi connectivity index (χ1) is 9.09. The zero-order valence-corrected chi connectivity index (χ0v) is 11.8. The molecule has 1 fully saturated rings.